The van der Waals surface area contributed by atoms with Crippen molar-refractivity contribution in [2.75, 3.05) is 26.2 Å². The van der Waals surface area contributed by atoms with Crippen molar-refractivity contribution in [1.82, 2.24) is 30.0 Å². The van der Waals surface area contributed by atoms with Crippen LogP contribution in [0.5, 0.6) is 0 Å². The maximum absolute atomic E-state index is 12.5. The van der Waals surface area contributed by atoms with E-state index < -0.39 is 0 Å². The fraction of sp³-hybridized carbons (Fsp3) is 0.500. The van der Waals surface area contributed by atoms with Crippen LogP contribution >= 0.6 is 11.3 Å². The Morgan fingerprint density at radius 1 is 1.17 bits per heavy atom. The van der Waals surface area contributed by atoms with Gasteiger partial charge in [0, 0.05) is 31.1 Å². The van der Waals surface area contributed by atoms with E-state index in [0.29, 0.717) is 26.2 Å². The number of aromatic nitrogens is 4. The third-order valence-corrected chi connectivity index (χ3v) is 5.13. The standard InChI is InChI=1S/C14H18N6O2S/c1-10-7-12(23-11(10)2)14(22)19-5-3-18(4-6-19)13(21)8-20-9-15-16-17-20/h7,9H,3-6,8H2,1-2H3. The van der Waals surface area contributed by atoms with Crippen molar-refractivity contribution in [3.63, 3.8) is 0 Å². The Balaban J connectivity index is 1.55. The minimum atomic E-state index is -0.0350. The van der Waals surface area contributed by atoms with Gasteiger partial charge in [-0.3, -0.25) is 9.59 Å². The normalized spacial score (nSPS) is 15.0. The molecule has 1 fully saturated rings. The van der Waals surface area contributed by atoms with Gasteiger partial charge in [0.15, 0.2) is 0 Å². The molecule has 8 nitrogen and oxygen atoms in total. The highest BCUT2D eigenvalue weighted by atomic mass is 32.1. The Morgan fingerprint density at radius 3 is 2.43 bits per heavy atom. The number of nitrogens with zero attached hydrogens (tertiary/aromatic N) is 6. The van der Waals surface area contributed by atoms with E-state index in [9.17, 15) is 9.59 Å². The first kappa shape index (κ1) is 15.6. The number of thiophene rings is 1. The molecular formula is C14H18N6O2S. The zero-order chi connectivity index (χ0) is 16.4. The second-order valence-corrected chi connectivity index (χ2v) is 6.79. The van der Waals surface area contributed by atoms with E-state index in [-0.39, 0.29) is 18.4 Å². The van der Waals surface area contributed by atoms with Gasteiger partial charge in [0.25, 0.3) is 5.91 Å². The van der Waals surface area contributed by atoms with Crippen molar-refractivity contribution in [3.05, 3.63) is 27.7 Å². The molecule has 0 spiro atoms. The summed E-state index contributed by atoms with van der Waals surface area (Å²) in [4.78, 5) is 30.2. The van der Waals surface area contributed by atoms with Gasteiger partial charge >= 0.3 is 0 Å². The highest BCUT2D eigenvalue weighted by Crippen LogP contribution is 2.22. The summed E-state index contributed by atoms with van der Waals surface area (Å²) in [7, 11) is 0. The summed E-state index contributed by atoms with van der Waals surface area (Å²) in [5, 5.41) is 10.7. The predicted molar refractivity (Wildman–Crippen MR) is 84.1 cm³/mol. The van der Waals surface area contributed by atoms with Gasteiger partial charge in [-0.2, -0.15) is 0 Å². The lowest BCUT2D eigenvalue weighted by Crippen LogP contribution is -2.51. The van der Waals surface area contributed by atoms with Crippen molar-refractivity contribution < 1.29 is 9.59 Å². The van der Waals surface area contributed by atoms with Gasteiger partial charge in [0.1, 0.15) is 12.9 Å². The van der Waals surface area contributed by atoms with Crippen molar-refractivity contribution in [2.24, 2.45) is 0 Å². The van der Waals surface area contributed by atoms with Crippen molar-refractivity contribution >= 4 is 23.2 Å². The van der Waals surface area contributed by atoms with Crippen LogP contribution in [0.25, 0.3) is 0 Å². The minimum Gasteiger partial charge on any atom is -0.338 e. The SMILES string of the molecule is Cc1cc(C(=O)N2CCN(C(=O)Cn3cnnn3)CC2)sc1C. The molecule has 0 unspecified atom stereocenters. The van der Waals surface area contributed by atoms with Gasteiger partial charge in [-0.1, -0.05) is 0 Å². The van der Waals surface area contributed by atoms with Crippen LogP contribution in [0.1, 0.15) is 20.1 Å². The van der Waals surface area contributed by atoms with Crippen LogP contribution in [0, 0.1) is 13.8 Å². The summed E-state index contributed by atoms with van der Waals surface area (Å²) in [6.07, 6.45) is 1.42. The van der Waals surface area contributed by atoms with Gasteiger partial charge in [0.2, 0.25) is 5.91 Å². The summed E-state index contributed by atoms with van der Waals surface area (Å²) in [5.41, 5.74) is 1.15. The smallest absolute Gasteiger partial charge is 0.264 e. The Labute approximate surface area is 137 Å². The van der Waals surface area contributed by atoms with Crippen LogP contribution in [-0.4, -0.2) is 68.0 Å². The van der Waals surface area contributed by atoms with Crippen LogP contribution in [0.15, 0.2) is 12.4 Å². The summed E-state index contributed by atoms with van der Waals surface area (Å²) in [6, 6.07) is 1.94. The van der Waals surface area contributed by atoms with Gasteiger partial charge < -0.3 is 9.80 Å². The number of hydrogen-bond acceptors (Lipinski definition) is 6. The van der Waals surface area contributed by atoms with Crippen LogP contribution in [0.2, 0.25) is 0 Å². The average Bonchev–Trinajstić information content (AvgIpc) is 3.17. The van der Waals surface area contributed by atoms with Crippen LogP contribution in [-0.2, 0) is 11.3 Å². The van der Waals surface area contributed by atoms with E-state index in [1.54, 1.807) is 4.90 Å². The molecule has 2 amide bonds. The second kappa shape index (κ2) is 6.45. The van der Waals surface area contributed by atoms with Gasteiger partial charge in [-0.05, 0) is 35.9 Å². The first-order valence-corrected chi connectivity index (χ1v) is 8.21. The highest BCUT2D eigenvalue weighted by molar-refractivity contribution is 7.14. The number of hydrogen-bond donors (Lipinski definition) is 0. The van der Waals surface area contributed by atoms with Crippen molar-refractivity contribution in [1.29, 1.82) is 0 Å². The Kier molecular flexibility index (Phi) is 4.37. The summed E-state index contributed by atoms with van der Waals surface area (Å²) in [5.74, 6) is 0.0194. The summed E-state index contributed by atoms with van der Waals surface area (Å²) in [6.45, 7) is 6.34. The molecule has 9 heteroatoms. The lowest BCUT2D eigenvalue weighted by Gasteiger charge is -2.34. The molecule has 1 saturated heterocycles. The number of piperazine rings is 1. The Hall–Kier alpha value is -2.29. The third-order valence-electron chi connectivity index (χ3n) is 3.99. The topological polar surface area (TPSA) is 84.2 Å². The number of aryl methyl sites for hydroxylation is 2. The molecule has 0 aromatic carbocycles. The van der Waals surface area contributed by atoms with Crippen molar-refractivity contribution in [2.45, 2.75) is 20.4 Å². The molecule has 1 aliphatic rings. The highest BCUT2D eigenvalue weighted by Gasteiger charge is 2.26. The lowest BCUT2D eigenvalue weighted by molar-refractivity contribution is -0.133. The number of rotatable bonds is 3. The molecule has 0 atom stereocenters. The third kappa shape index (κ3) is 3.39. The number of amides is 2. The Morgan fingerprint density at radius 2 is 1.87 bits per heavy atom. The van der Waals surface area contributed by atoms with E-state index in [1.165, 1.54) is 27.2 Å². The molecule has 122 valence electrons. The molecule has 2 aromatic rings. The van der Waals surface area contributed by atoms with E-state index >= 15 is 0 Å². The molecule has 1 aliphatic heterocycles. The summed E-state index contributed by atoms with van der Waals surface area (Å²) >= 11 is 1.53. The van der Waals surface area contributed by atoms with Crippen molar-refractivity contribution in [3.8, 4) is 0 Å². The molecule has 0 radical (unpaired) electrons. The molecule has 2 aromatic heterocycles. The molecule has 3 rings (SSSR count). The quantitative estimate of drug-likeness (QED) is 0.808. The second-order valence-electron chi connectivity index (χ2n) is 5.53. The molecular weight excluding hydrogens is 316 g/mol. The molecule has 0 N–H and O–H groups in total. The van der Waals surface area contributed by atoms with Gasteiger partial charge in [-0.25, -0.2) is 4.68 Å². The fourth-order valence-electron chi connectivity index (χ4n) is 2.48. The van der Waals surface area contributed by atoms with E-state index in [0.717, 1.165) is 10.4 Å². The number of carbonyl (C=O) groups is 2. The zero-order valence-corrected chi connectivity index (χ0v) is 13.9. The maximum atomic E-state index is 12.5. The fourth-order valence-corrected chi connectivity index (χ4v) is 3.49. The first-order valence-electron chi connectivity index (χ1n) is 7.39. The van der Waals surface area contributed by atoms with Crippen LogP contribution < -0.4 is 0 Å². The monoisotopic (exact) mass is 334 g/mol. The Bertz CT molecular complexity index is 683. The molecule has 0 bridgehead atoms. The molecule has 0 saturated carbocycles. The predicted octanol–water partition coefficient (Wildman–Crippen LogP) is 0.336. The van der Waals surface area contributed by atoms with E-state index in [1.807, 2.05) is 24.8 Å². The zero-order valence-electron chi connectivity index (χ0n) is 13.1. The lowest BCUT2D eigenvalue weighted by atomic mass is 10.2. The minimum absolute atomic E-state index is 0.0350. The van der Waals surface area contributed by atoms with Crippen LogP contribution in [0.4, 0.5) is 0 Å². The van der Waals surface area contributed by atoms with E-state index in [4.69, 9.17) is 0 Å². The molecule has 23 heavy (non-hydrogen) atoms. The van der Waals surface area contributed by atoms with E-state index in [2.05, 4.69) is 15.5 Å². The average molecular weight is 334 g/mol. The first-order chi connectivity index (χ1) is 11.0. The van der Waals surface area contributed by atoms with Gasteiger partial charge in [-0.15, -0.1) is 16.4 Å². The number of carbonyl (C=O) groups excluding carboxylic acids is 2. The molecule has 3 heterocycles. The number of tetrazole rings is 1. The maximum Gasteiger partial charge on any atom is 0.264 e. The molecule has 0 aliphatic carbocycles. The van der Waals surface area contributed by atoms with Gasteiger partial charge in [0.05, 0.1) is 4.88 Å². The summed E-state index contributed by atoms with van der Waals surface area (Å²) < 4.78 is 1.40. The largest absolute Gasteiger partial charge is 0.338 e. The van der Waals surface area contributed by atoms with Crippen LogP contribution in [0.3, 0.4) is 0 Å².